The smallest absolute Gasteiger partial charge is 0.00884 e. The second-order valence-corrected chi connectivity index (χ2v) is 9.81. The first kappa shape index (κ1) is 27.8. The van der Waals surface area contributed by atoms with Gasteiger partial charge in [-0.1, -0.05) is 0 Å². The van der Waals surface area contributed by atoms with Crippen LogP contribution in [0.4, 0.5) is 0 Å². The zero-order chi connectivity index (χ0) is 22.2. The van der Waals surface area contributed by atoms with Crippen molar-refractivity contribution in [3.63, 3.8) is 0 Å². The summed E-state index contributed by atoms with van der Waals surface area (Å²) in [7, 11) is 12.7. The number of nitrogens with zero attached hydrogens (tertiary/aromatic N) is 3. The standard InChI is InChI=1S/C9H20N2.C8H18N2.C7H16N2/c1-10-6-3-9-4-7-11(2)8-5-9;1-9-7-8-3-5-10(2)6-4-8;1-8-7-3-5-9(2)6-4-7/h9-10H,3-8H2,1-2H3;8-9H,3-7H2,1-2H3;7-8H,3-6H2,1-2H3. The Labute approximate surface area is 188 Å². The number of nitrogens with one attached hydrogen (secondary N) is 3. The van der Waals surface area contributed by atoms with Crippen LogP contribution in [-0.4, -0.2) is 115 Å². The van der Waals surface area contributed by atoms with Crippen molar-refractivity contribution in [1.29, 1.82) is 0 Å². The lowest BCUT2D eigenvalue weighted by Gasteiger charge is -2.28. The maximum Gasteiger partial charge on any atom is 0.00884 e. The van der Waals surface area contributed by atoms with Gasteiger partial charge in [0.05, 0.1) is 0 Å². The molecule has 0 saturated carbocycles. The van der Waals surface area contributed by atoms with Crippen LogP contribution in [0, 0.1) is 11.8 Å². The van der Waals surface area contributed by atoms with Crippen LogP contribution in [0.15, 0.2) is 0 Å². The quantitative estimate of drug-likeness (QED) is 0.602. The predicted octanol–water partition coefficient (Wildman–Crippen LogP) is 1.79. The van der Waals surface area contributed by atoms with Crippen LogP contribution >= 0.6 is 0 Å². The summed E-state index contributed by atoms with van der Waals surface area (Å²) in [6, 6.07) is 0.779. The van der Waals surface area contributed by atoms with Crippen molar-refractivity contribution < 1.29 is 0 Å². The lowest BCUT2D eigenvalue weighted by Crippen LogP contribution is -2.39. The SMILES string of the molecule is CNC1CCN(C)CC1.CNCC1CCN(C)CC1.CNCCC1CCN(C)CC1. The van der Waals surface area contributed by atoms with E-state index in [9.17, 15) is 0 Å². The van der Waals surface area contributed by atoms with Crippen molar-refractivity contribution in [3.8, 4) is 0 Å². The second kappa shape index (κ2) is 17.3. The van der Waals surface area contributed by atoms with E-state index in [0.717, 1.165) is 17.9 Å². The van der Waals surface area contributed by atoms with Gasteiger partial charge in [0, 0.05) is 6.04 Å². The molecule has 0 amide bonds. The van der Waals surface area contributed by atoms with Crippen molar-refractivity contribution in [2.45, 2.75) is 51.0 Å². The highest BCUT2D eigenvalue weighted by Crippen LogP contribution is 2.18. The molecule has 3 rings (SSSR count). The van der Waals surface area contributed by atoms with E-state index in [1.807, 2.05) is 14.1 Å². The Kier molecular flexibility index (Phi) is 16.1. The van der Waals surface area contributed by atoms with Crippen LogP contribution in [0.25, 0.3) is 0 Å². The van der Waals surface area contributed by atoms with E-state index in [-0.39, 0.29) is 0 Å². The van der Waals surface area contributed by atoms with E-state index in [0.29, 0.717) is 0 Å². The molecule has 0 unspecified atom stereocenters. The molecular weight excluding hydrogens is 372 g/mol. The van der Waals surface area contributed by atoms with Crippen LogP contribution in [0.1, 0.15) is 44.9 Å². The minimum atomic E-state index is 0.779. The summed E-state index contributed by atoms with van der Waals surface area (Å²) in [5.74, 6) is 1.92. The summed E-state index contributed by atoms with van der Waals surface area (Å²) >= 11 is 0. The largest absolute Gasteiger partial charge is 0.320 e. The maximum absolute atomic E-state index is 3.30. The number of piperidine rings is 3. The topological polar surface area (TPSA) is 45.8 Å². The Balaban J connectivity index is 0.000000226. The molecule has 3 fully saturated rings. The molecule has 0 spiro atoms. The van der Waals surface area contributed by atoms with Gasteiger partial charge in [-0.2, -0.15) is 0 Å². The molecule has 0 aromatic rings. The van der Waals surface area contributed by atoms with Gasteiger partial charge in [0.2, 0.25) is 0 Å². The molecule has 0 aliphatic carbocycles. The highest BCUT2D eigenvalue weighted by molar-refractivity contribution is 4.73. The highest BCUT2D eigenvalue weighted by atomic mass is 15.1. The van der Waals surface area contributed by atoms with Crippen LogP contribution < -0.4 is 16.0 Å². The fraction of sp³-hybridized carbons (Fsp3) is 1.00. The van der Waals surface area contributed by atoms with Crippen LogP contribution in [0.2, 0.25) is 0 Å². The van der Waals surface area contributed by atoms with Crippen molar-refractivity contribution in [3.05, 3.63) is 0 Å². The first-order valence-corrected chi connectivity index (χ1v) is 12.5. The van der Waals surface area contributed by atoms with Gasteiger partial charge < -0.3 is 30.7 Å². The van der Waals surface area contributed by atoms with E-state index in [1.165, 1.54) is 97.3 Å². The third kappa shape index (κ3) is 13.2. The van der Waals surface area contributed by atoms with Crippen LogP contribution in [0.3, 0.4) is 0 Å². The molecule has 3 saturated heterocycles. The summed E-state index contributed by atoms with van der Waals surface area (Å²) < 4.78 is 0. The van der Waals surface area contributed by atoms with Crippen molar-refractivity contribution >= 4 is 0 Å². The zero-order valence-corrected chi connectivity index (χ0v) is 21.2. The van der Waals surface area contributed by atoms with Gasteiger partial charge >= 0.3 is 0 Å². The van der Waals surface area contributed by atoms with Gasteiger partial charge in [-0.05, 0) is 151 Å². The van der Waals surface area contributed by atoms with Gasteiger partial charge in [-0.15, -0.1) is 0 Å². The predicted molar refractivity (Wildman–Crippen MR) is 132 cm³/mol. The molecule has 30 heavy (non-hydrogen) atoms. The third-order valence-corrected chi connectivity index (χ3v) is 7.10. The van der Waals surface area contributed by atoms with E-state index < -0.39 is 0 Å². The molecular formula is C24H54N6. The summed E-state index contributed by atoms with van der Waals surface area (Å²) in [6.45, 7) is 10.1. The fourth-order valence-electron chi connectivity index (χ4n) is 4.55. The molecule has 0 aromatic heterocycles. The monoisotopic (exact) mass is 426 g/mol. The Morgan fingerprint density at radius 3 is 1.43 bits per heavy atom. The zero-order valence-electron chi connectivity index (χ0n) is 21.2. The lowest BCUT2D eigenvalue weighted by atomic mass is 9.94. The molecule has 6 nitrogen and oxygen atoms in total. The van der Waals surface area contributed by atoms with Gasteiger partial charge in [0.1, 0.15) is 0 Å². The highest BCUT2D eigenvalue weighted by Gasteiger charge is 2.16. The average Bonchev–Trinajstić information content (AvgIpc) is 2.77. The van der Waals surface area contributed by atoms with E-state index >= 15 is 0 Å². The summed E-state index contributed by atoms with van der Waals surface area (Å²) in [4.78, 5) is 7.22. The molecule has 0 aromatic carbocycles. The lowest BCUT2D eigenvalue weighted by molar-refractivity contribution is 0.212. The normalized spacial score (nSPS) is 23.4. The molecule has 3 aliphatic heterocycles. The second-order valence-electron chi connectivity index (χ2n) is 9.81. The summed E-state index contributed by atoms with van der Waals surface area (Å²) in [5, 5.41) is 9.74. The molecule has 6 heteroatoms. The maximum atomic E-state index is 3.30. The van der Waals surface area contributed by atoms with E-state index in [1.54, 1.807) is 0 Å². The fourth-order valence-corrected chi connectivity index (χ4v) is 4.55. The third-order valence-electron chi connectivity index (χ3n) is 7.10. The van der Waals surface area contributed by atoms with Crippen molar-refractivity contribution in [1.82, 2.24) is 30.7 Å². The van der Waals surface area contributed by atoms with E-state index in [2.05, 4.69) is 58.8 Å². The Bertz CT molecular complexity index is 367. The number of hydrogen-bond donors (Lipinski definition) is 3. The van der Waals surface area contributed by atoms with Gasteiger partial charge in [-0.3, -0.25) is 0 Å². The molecule has 0 atom stereocenters. The average molecular weight is 427 g/mol. The summed E-state index contributed by atoms with van der Waals surface area (Å²) in [6.07, 6.45) is 9.54. The Hall–Kier alpha value is -0.240. The molecule has 0 bridgehead atoms. The Morgan fingerprint density at radius 2 is 1.03 bits per heavy atom. The molecule has 3 N–H and O–H groups in total. The molecule has 3 aliphatic rings. The Morgan fingerprint density at radius 1 is 0.600 bits per heavy atom. The number of rotatable bonds is 6. The van der Waals surface area contributed by atoms with Crippen LogP contribution in [-0.2, 0) is 0 Å². The minimum absolute atomic E-state index is 0.779. The van der Waals surface area contributed by atoms with Crippen LogP contribution in [0.5, 0.6) is 0 Å². The molecule has 180 valence electrons. The van der Waals surface area contributed by atoms with Gasteiger partial charge in [0.15, 0.2) is 0 Å². The van der Waals surface area contributed by atoms with Crippen molar-refractivity contribution in [2.24, 2.45) is 11.8 Å². The van der Waals surface area contributed by atoms with Gasteiger partial charge in [-0.25, -0.2) is 0 Å². The number of likely N-dealkylation sites (tertiary alicyclic amines) is 3. The number of hydrogen-bond acceptors (Lipinski definition) is 6. The molecule has 3 heterocycles. The van der Waals surface area contributed by atoms with E-state index in [4.69, 9.17) is 0 Å². The summed E-state index contributed by atoms with van der Waals surface area (Å²) in [5.41, 5.74) is 0. The van der Waals surface area contributed by atoms with Crippen molar-refractivity contribution in [2.75, 3.05) is 94.6 Å². The first-order valence-electron chi connectivity index (χ1n) is 12.5. The first-order chi connectivity index (χ1) is 14.5. The van der Waals surface area contributed by atoms with Gasteiger partial charge in [0.25, 0.3) is 0 Å². The minimum Gasteiger partial charge on any atom is -0.320 e. The molecule has 0 radical (unpaired) electrons.